The normalized spacial score (nSPS) is 13.9. The van der Waals surface area contributed by atoms with E-state index in [9.17, 15) is 0 Å². The molecule has 0 bridgehead atoms. The van der Waals surface area contributed by atoms with Gasteiger partial charge in [0.2, 0.25) is 6.33 Å². The molecule has 0 saturated heterocycles. The van der Waals surface area contributed by atoms with Gasteiger partial charge in [-0.3, -0.25) is 0 Å². The maximum absolute atomic E-state index is 4.10. The van der Waals surface area contributed by atoms with Gasteiger partial charge in [-0.2, -0.15) is 5.10 Å². The third kappa shape index (κ3) is 2.63. The zero-order chi connectivity index (χ0) is 12.5. The van der Waals surface area contributed by atoms with E-state index in [0.29, 0.717) is 6.54 Å². The summed E-state index contributed by atoms with van der Waals surface area (Å²) in [5, 5.41) is 21.2. The summed E-state index contributed by atoms with van der Waals surface area (Å²) in [6.45, 7) is 9.01. The lowest BCUT2D eigenvalue weighted by Crippen LogP contribution is -2.39. The van der Waals surface area contributed by atoms with E-state index in [-0.39, 0.29) is 11.5 Å². The quantitative estimate of drug-likeness (QED) is 0.698. The predicted molar refractivity (Wildman–Crippen MR) is 56.6 cm³/mol. The summed E-state index contributed by atoms with van der Waals surface area (Å²) in [4.78, 5) is 0. The monoisotopic (exact) mass is 238 g/mol. The SMILES string of the molecule is CC(C[n+]1cn(C(C)(C)C)nn1)c1nn[nH][nH+]1. The number of tetrazole rings is 2. The van der Waals surface area contributed by atoms with Crippen LogP contribution in [0.4, 0.5) is 0 Å². The average Bonchev–Trinajstić information content (AvgIpc) is 2.85. The van der Waals surface area contributed by atoms with Crippen molar-refractivity contribution in [1.82, 2.24) is 30.6 Å². The standard InChI is InChI=1S/C9H17N8/c1-7(8-10-12-13-11-8)5-16-6-17(15-14-16)9(2,3)4/h6-7H,5H2,1-4H3,(H,10,11,12,13)/q+1/p+1. The van der Waals surface area contributed by atoms with Gasteiger partial charge in [-0.15, -0.1) is 4.68 Å². The number of aromatic nitrogens is 8. The van der Waals surface area contributed by atoms with E-state index >= 15 is 0 Å². The second kappa shape index (κ2) is 4.19. The molecule has 2 heterocycles. The van der Waals surface area contributed by atoms with Crippen LogP contribution >= 0.6 is 0 Å². The Morgan fingerprint density at radius 2 is 2.29 bits per heavy atom. The van der Waals surface area contributed by atoms with Gasteiger partial charge in [-0.1, -0.05) is 9.90 Å². The smallest absolute Gasteiger partial charge is 0.176 e. The number of H-pyrrole nitrogens is 2. The molecule has 8 nitrogen and oxygen atoms in total. The van der Waals surface area contributed by atoms with Crippen LogP contribution in [-0.2, 0) is 12.1 Å². The van der Waals surface area contributed by atoms with Gasteiger partial charge in [-0.05, 0) is 27.7 Å². The molecule has 2 N–H and O–H groups in total. The van der Waals surface area contributed by atoms with Crippen molar-refractivity contribution in [2.75, 3.05) is 0 Å². The van der Waals surface area contributed by atoms with E-state index in [4.69, 9.17) is 0 Å². The minimum absolute atomic E-state index is 0.0541. The fraction of sp³-hybridized carbons (Fsp3) is 0.778. The lowest BCUT2D eigenvalue weighted by atomic mass is 10.1. The molecule has 92 valence electrons. The number of hydrogen-bond acceptors (Lipinski definition) is 4. The summed E-state index contributed by atoms with van der Waals surface area (Å²) < 4.78 is 3.64. The largest absolute Gasteiger partial charge is 0.304 e. The van der Waals surface area contributed by atoms with Crippen molar-refractivity contribution in [3.8, 4) is 0 Å². The Balaban J connectivity index is 2.07. The molecule has 1 atom stereocenters. The van der Waals surface area contributed by atoms with Gasteiger partial charge in [0.25, 0.3) is 0 Å². The molecular weight excluding hydrogens is 220 g/mol. The maximum Gasteiger partial charge on any atom is 0.304 e. The Labute approximate surface area is 99.0 Å². The number of nitrogens with zero attached hydrogens (tertiary/aromatic N) is 6. The van der Waals surface area contributed by atoms with Crippen molar-refractivity contribution in [1.29, 1.82) is 0 Å². The van der Waals surface area contributed by atoms with Crippen molar-refractivity contribution in [2.45, 2.75) is 45.7 Å². The molecular formula is C9H18N8+2. The topological polar surface area (TPSA) is 90.3 Å². The van der Waals surface area contributed by atoms with Gasteiger partial charge in [0.1, 0.15) is 22.4 Å². The molecule has 0 spiro atoms. The van der Waals surface area contributed by atoms with Crippen LogP contribution in [0.5, 0.6) is 0 Å². The van der Waals surface area contributed by atoms with Crippen molar-refractivity contribution in [3.63, 3.8) is 0 Å². The predicted octanol–water partition coefficient (Wildman–Crippen LogP) is -0.943. The molecule has 0 saturated carbocycles. The van der Waals surface area contributed by atoms with Crippen LogP contribution in [0.1, 0.15) is 39.4 Å². The van der Waals surface area contributed by atoms with Crippen LogP contribution in [0.3, 0.4) is 0 Å². The van der Waals surface area contributed by atoms with Crippen molar-refractivity contribution >= 4 is 0 Å². The number of aromatic amines is 2. The summed E-state index contributed by atoms with van der Waals surface area (Å²) in [5.74, 6) is 1.01. The molecule has 0 fully saturated rings. The first-order chi connectivity index (χ1) is 7.97. The molecule has 0 aromatic carbocycles. The van der Waals surface area contributed by atoms with Crippen LogP contribution in [0.2, 0.25) is 0 Å². The molecule has 1 unspecified atom stereocenters. The fourth-order valence-corrected chi connectivity index (χ4v) is 1.43. The second-order valence-electron chi connectivity index (χ2n) is 5.15. The average molecular weight is 238 g/mol. The summed E-state index contributed by atoms with van der Waals surface area (Å²) in [5.41, 5.74) is -0.0541. The minimum Gasteiger partial charge on any atom is -0.176 e. The highest BCUT2D eigenvalue weighted by Crippen LogP contribution is 2.09. The van der Waals surface area contributed by atoms with Gasteiger partial charge in [0.05, 0.1) is 5.92 Å². The Kier molecular flexibility index (Phi) is 2.86. The first-order valence-corrected chi connectivity index (χ1v) is 5.58. The Hall–Kier alpha value is -1.86. The van der Waals surface area contributed by atoms with Crippen LogP contribution < -0.4 is 9.78 Å². The third-order valence-corrected chi connectivity index (χ3v) is 2.50. The first-order valence-electron chi connectivity index (χ1n) is 5.58. The van der Waals surface area contributed by atoms with Crippen molar-refractivity contribution in [3.05, 3.63) is 12.2 Å². The molecule has 0 aliphatic rings. The fourth-order valence-electron chi connectivity index (χ4n) is 1.43. The van der Waals surface area contributed by atoms with Gasteiger partial charge in [0.15, 0.2) is 10.4 Å². The Morgan fingerprint density at radius 1 is 1.53 bits per heavy atom. The van der Waals surface area contributed by atoms with Crippen LogP contribution in [0.15, 0.2) is 6.33 Å². The van der Waals surface area contributed by atoms with Gasteiger partial charge in [-0.25, -0.2) is 0 Å². The molecule has 17 heavy (non-hydrogen) atoms. The summed E-state index contributed by atoms with van der Waals surface area (Å²) >= 11 is 0. The summed E-state index contributed by atoms with van der Waals surface area (Å²) in [6.07, 6.45) is 1.90. The zero-order valence-corrected chi connectivity index (χ0v) is 10.5. The molecule has 2 rings (SSSR count). The summed E-state index contributed by atoms with van der Waals surface area (Å²) in [6, 6.07) is 0. The molecule has 0 aliphatic carbocycles. The molecule has 8 heteroatoms. The van der Waals surface area contributed by atoms with Crippen LogP contribution in [0, 0.1) is 0 Å². The Morgan fingerprint density at radius 3 is 2.82 bits per heavy atom. The van der Waals surface area contributed by atoms with E-state index in [0.717, 1.165) is 5.82 Å². The van der Waals surface area contributed by atoms with E-state index in [1.165, 1.54) is 0 Å². The highest BCUT2D eigenvalue weighted by atomic mass is 15.6. The highest BCUT2D eigenvalue weighted by Gasteiger charge is 2.25. The van der Waals surface area contributed by atoms with Crippen molar-refractivity contribution in [2.24, 2.45) is 0 Å². The van der Waals surface area contributed by atoms with E-state index in [2.05, 4.69) is 58.7 Å². The van der Waals surface area contributed by atoms with Crippen LogP contribution in [-0.4, -0.2) is 30.6 Å². The number of nitrogens with one attached hydrogen (secondary N) is 2. The van der Waals surface area contributed by atoms with Gasteiger partial charge < -0.3 is 0 Å². The summed E-state index contributed by atoms with van der Waals surface area (Å²) in [7, 11) is 0. The van der Waals surface area contributed by atoms with Crippen molar-refractivity contribution < 1.29 is 9.78 Å². The molecule has 0 radical (unpaired) electrons. The van der Waals surface area contributed by atoms with Gasteiger partial charge in [0, 0.05) is 0 Å². The first kappa shape index (κ1) is 11.6. The van der Waals surface area contributed by atoms with E-state index < -0.39 is 0 Å². The second-order valence-corrected chi connectivity index (χ2v) is 5.15. The molecule has 2 aromatic heterocycles. The number of hydrogen-bond donors (Lipinski definition) is 1. The maximum atomic E-state index is 4.10. The Bertz CT molecular complexity index is 465. The zero-order valence-electron chi connectivity index (χ0n) is 10.5. The van der Waals surface area contributed by atoms with E-state index in [1.807, 2.05) is 11.0 Å². The molecule has 0 amide bonds. The van der Waals surface area contributed by atoms with Crippen LogP contribution in [0.25, 0.3) is 0 Å². The molecule has 2 aromatic rings. The minimum atomic E-state index is -0.0541. The van der Waals surface area contributed by atoms with Gasteiger partial charge >= 0.3 is 5.82 Å². The molecule has 0 aliphatic heterocycles. The van der Waals surface area contributed by atoms with E-state index in [1.54, 1.807) is 4.68 Å². The lowest BCUT2D eigenvalue weighted by Gasteiger charge is -2.09. The number of rotatable bonds is 3. The lowest BCUT2D eigenvalue weighted by molar-refractivity contribution is -0.758. The highest BCUT2D eigenvalue weighted by molar-refractivity contribution is 4.77. The third-order valence-electron chi connectivity index (χ3n) is 2.50.